The summed E-state index contributed by atoms with van der Waals surface area (Å²) in [6.45, 7) is 4.35. The van der Waals surface area contributed by atoms with Gasteiger partial charge >= 0.3 is 0 Å². The predicted molar refractivity (Wildman–Crippen MR) is 206 cm³/mol. The van der Waals surface area contributed by atoms with Gasteiger partial charge in [0.25, 0.3) is 0 Å². The average molecular weight is 745 g/mol. The van der Waals surface area contributed by atoms with E-state index in [-0.39, 0.29) is 0 Å². The molecule has 0 heterocycles. The van der Waals surface area contributed by atoms with Crippen molar-refractivity contribution in [2.45, 2.75) is 24.7 Å². The SMILES string of the molecule is Cc1ccc(C2(c3ccc(C)cc3)c3ccccc3-c3cc4c(cc32)-c2ccccc2C4(c2ccc(Br)cc2)c2ccc(Br)cc2)cc1. The Morgan fingerprint density at radius 3 is 1.00 bits per heavy atom. The lowest BCUT2D eigenvalue weighted by Crippen LogP contribution is -2.30. The van der Waals surface area contributed by atoms with E-state index in [2.05, 4.69) is 203 Å². The number of hydrogen-bond acceptors (Lipinski definition) is 0. The monoisotopic (exact) mass is 742 g/mol. The van der Waals surface area contributed by atoms with Crippen LogP contribution in [-0.4, -0.2) is 0 Å². The molecule has 0 saturated carbocycles. The third kappa shape index (κ3) is 4.06. The molecule has 0 fully saturated rings. The van der Waals surface area contributed by atoms with Crippen molar-refractivity contribution in [3.63, 3.8) is 0 Å². The average Bonchev–Trinajstić information content (AvgIpc) is 3.57. The van der Waals surface area contributed by atoms with Gasteiger partial charge in [-0.1, -0.05) is 164 Å². The Hall–Kier alpha value is -4.50. The minimum absolute atomic E-state index is 0.461. The maximum absolute atomic E-state index is 3.72. The fourth-order valence-electron chi connectivity index (χ4n) is 8.63. The highest BCUT2D eigenvalue weighted by Crippen LogP contribution is 2.62. The van der Waals surface area contributed by atoms with E-state index in [0.29, 0.717) is 0 Å². The molecule has 230 valence electrons. The zero-order valence-corrected chi connectivity index (χ0v) is 29.9. The Morgan fingerprint density at radius 2 is 0.646 bits per heavy atom. The smallest absolute Gasteiger partial charge is 0.0619 e. The molecular weight excluding hydrogens is 712 g/mol. The Bertz CT molecular complexity index is 2090. The van der Waals surface area contributed by atoms with Gasteiger partial charge in [-0.3, -0.25) is 0 Å². The predicted octanol–water partition coefficient (Wildman–Crippen LogP) is 12.6. The fourth-order valence-corrected chi connectivity index (χ4v) is 9.16. The van der Waals surface area contributed by atoms with Crippen molar-refractivity contribution in [2.24, 2.45) is 0 Å². The Balaban J connectivity index is 1.44. The number of rotatable bonds is 4. The highest BCUT2D eigenvalue weighted by molar-refractivity contribution is 9.10. The highest BCUT2D eigenvalue weighted by atomic mass is 79.9. The lowest BCUT2D eigenvalue weighted by Gasteiger charge is -2.35. The molecule has 48 heavy (non-hydrogen) atoms. The number of benzene rings is 7. The van der Waals surface area contributed by atoms with Crippen LogP contribution in [0.5, 0.6) is 0 Å². The van der Waals surface area contributed by atoms with Gasteiger partial charge in [-0.15, -0.1) is 0 Å². The molecule has 0 spiro atoms. The molecule has 0 atom stereocenters. The van der Waals surface area contributed by atoms with Crippen LogP contribution in [0.25, 0.3) is 22.3 Å². The molecule has 7 aromatic rings. The van der Waals surface area contributed by atoms with Gasteiger partial charge < -0.3 is 0 Å². The molecule has 2 aliphatic carbocycles. The van der Waals surface area contributed by atoms with Gasteiger partial charge in [-0.05, 0) is 117 Å². The molecule has 0 radical (unpaired) electrons. The molecule has 2 aliphatic rings. The summed E-state index contributed by atoms with van der Waals surface area (Å²) in [7, 11) is 0. The minimum atomic E-state index is -0.490. The zero-order valence-electron chi connectivity index (χ0n) is 26.8. The van der Waals surface area contributed by atoms with Crippen LogP contribution in [0.3, 0.4) is 0 Å². The largest absolute Gasteiger partial charge is 0.0713 e. The molecule has 0 nitrogen and oxygen atoms in total. The maximum Gasteiger partial charge on any atom is 0.0713 e. The van der Waals surface area contributed by atoms with Gasteiger partial charge in [-0.25, -0.2) is 0 Å². The number of fused-ring (bicyclic) bond motifs is 6. The van der Waals surface area contributed by atoms with Crippen LogP contribution in [0.4, 0.5) is 0 Å². The van der Waals surface area contributed by atoms with Crippen LogP contribution in [0.2, 0.25) is 0 Å². The van der Waals surface area contributed by atoms with Crippen molar-refractivity contribution < 1.29 is 0 Å². The third-order valence-corrected chi connectivity index (χ3v) is 11.8. The van der Waals surface area contributed by atoms with E-state index < -0.39 is 10.8 Å². The van der Waals surface area contributed by atoms with E-state index in [4.69, 9.17) is 0 Å². The van der Waals surface area contributed by atoms with Crippen molar-refractivity contribution in [1.29, 1.82) is 0 Å². The second-order valence-corrected chi connectivity index (χ2v) is 15.1. The normalized spacial score (nSPS) is 14.6. The summed E-state index contributed by atoms with van der Waals surface area (Å²) >= 11 is 7.44. The molecule has 0 unspecified atom stereocenters. The number of aryl methyl sites for hydroxylation is 2. The van der Waals surface area contributed by atoms with Gasteiger partial charge in [0.2, 0.25) is 0 Å². The van der Waals surface area contributed by atoms with Crippen molar-refractivity contribution in [1.82, 2.24) is 0 Å². The van der Waals surface area contributed by atoms with Crippen LogP contribution >= 0.6 is 31.9 Å². The molecule has 9 rings (SSSR count). The summed E-state index contributed by atoms with van der Waals surface area (Å²) in [6, 6.07) is 59.5. The number of hydrogen-bond donors (Lipinski definition) is 0. The molecular formula is C46H32Br2. The molecule has 0 aliphatic heterocycles. The van der Waals surface area contributed by atoms with E-state index in [0.717, 1.165) is 8.95 Å². The van der Waals surface area contributed by atoms with Crippen LogP contribution in [-0.2, 0) is 10.8 Å². The van der Waals surface area contributed by atoms with Crippen LogP contribution < -0.4 is 0 Å². The van der Waals surface area contributed by atoms with Gasteiger partial charge in [0.05, 0.1) is 10.8 Å². The van der Waals surface area contributed by atoms with Crippen molar-refractivity contribution in [2.75, 3.05) is 0 Å². The van der Waals surface area contributed by atoms with Crippen LogP contribution in [0, 0.1) is 13.8 Å². The van der Waals surface area contributed by atoms with E-state index in [9.17, 15) is 0 Å². The van der Waals surface area contributed by atoms with Crippen LogP contribution in [0.1, 0.15) is 55.6 Å². The molecule has 0 aromatic heterocycles. The van der Waals surface area contributed by atoms with E-state index in [1.165, 1.54) is 77.9 Å². The summed E-state index contributed by atoms with van der Waals surface area (Å²) in [5.41, 5.74) is 17.2. The second-order valence-electron chi connectivity index (χ2n) is 13.3. The van der Waals surface area contributed by atoms with Gasteiger partial charge in [0, 0.05) is 8.95 Å². The maximum atomic E-state index is 3.72. The standard InChI is InChI=1S/C46H32Br2/c1-29-11-15-31(16-12-29)45(32-17-13-30(2)14-18-32)41-9-5-3-7-37(41)39-28-44-40(27-43(39)45)38-8-4-6-10-42(38)46(44,33-19-23-35(47)24-20-33)34-21-25-36(48)26-22-34/h3-28H,1-2H3. The summed E-state index contributed by atoms with van der Waals surface area (Å²) in [6.07, 6.45) is 0. The van der Waals surface area contributed by atoms with Gasteiger partial charge in [0.1, 0.15) is 0 Å². The number of halogens is 2. The Labute approximate surface area is 299 Å². The first-order valence-electron chi connectivity index (χ1n) is 16.5. The third-order valence-electron chi connectivity index (χ3n) is 10.7. The molecule has 0 N–H and O–H groups in total. The van der Waals surface area contributed by atoms with E-state index in [1.54, 1.807) is 0 Å². The van der Waals surface area contributed by atoms with Crippen molar-refractivity contribution in [3.8, 4) is 22.3 Å². The molecule has 0 bridgehead atoms. The quantitative estimate of drug-likeness (QED) is 0.168. The summed E-state index contributed by atoms with van der Waals surface area (Å²) in [5.74, 6) is 0. The lowest BCUT2D eigenvalue weighted by molar-refractivity contribution is 0.758. The Morgan fingerprint density at radius 1 is 0.333 bits per heavy atom. The molecule has 0 saturated heterocycles. The first-order valence-corrected chi connectivity index (χ1v) is 18.1. The minimum Gasteiger partial charge on any atom is -0.0619 e. The van der Waals surface area contributed by atoms with Crippen molar-refractivity contribution >= 4 is 31.9 Å². The molecule has 7 aromatic carbocycles. The molecule has 2 heteroatoms. The first kappa shape index (κ1) is 29.6. The summed E-state index contributed by atoms with van der Waals surface area (Å²) in [4.78, 5) is 0. The highest BCUT2D eigenvalue weighted by Gasteiger charge is 2.51. The van der Waals surface area contributed by atoms with Crippen molar-refractivity contribution in [3.05, 3.63) is 222 Å². The van der Waals surface area contributed by atoms with Crippen LogP contribution in [0.15, 0.2) is 167 Å². The fraction of sp³-hybridized carbons (Fsp3) is 0.0870. The van der Waals surface area contributed by atoms with Gasteiger partial charge in [0.15, 0.2) is 0 Å². The first-order chi connectivity index (χ1) is 23.4. The van der Waals surface area contributed by atoms with Gasteiger partial charge in [-0.2, -0.15) is 0 Å². The summed E-state index contributed by atoms with van der Waals surface area (Å²) in [5, 5.41) is 0. The lowest BCUT2D eigenvalue weighted by atomic mass is 9.66. The zero-order chi connectivity index (χ0) is 32.6. The summed E-state index contributed by atoms with van der Waals surface area (Å²) < 4.78 is 2.15. The second kappa shape index (κ2) is 11.0. The van der Waals surface area contributed by atoms with E-state index >= 15 is 0 Å². The topological polar surface area (TPSA) is 0 Å². The Kier molecular flexibility index (Phi) is 6.80. The van der Waals surface area contributed by atoms with E-state index in [1.807, 2.05) is 0 Å². The molecule has 0 amide bonds.